The molecule has 1 nitrogen and oxygen atoms in total. The second-order valence-electron chi connectivity index (χ2n) is 6.29. The molecule has 0 bridgehead atoms. The molecule has 2 aromatic rings. The van der Waals surface area contributed by atoms with Crippen molar-refractivity contribution in [3.05, 3.63) is 48.0 Å². The molecule has 1 fully saturated rings. The van der Waals surface area contributed by atoms with Gasteiger partial charge in [0.1, 0.15) is 0 Å². The lowest BCUT2D eigenvalue weighted by atomic mass is 9.64. The summed E-state index contributed by atoms with van der Waals surface area (Å²) in [5, 5.41) is 2.67. The minimum atomic E-state index is 0.205. The molecule has 0 spiro atoms. The van der Waals surface area contributed by atoms with Gasteiger partial charge >= 0.3 is 0 Å². The van der Waals surface area contributed by atoms with Gasteiger partial charge in [0.15, 0.2) is 0 Å². The SMILES string of the molecule is CCC(N)C1(c2ccc3ccccc3c2)CCCCC1. The standard InChI is InChI=1S/C19H25N/c1-2-18(20)19(12-6-3-7-13-19)17-11-10-15-8-4-5-9-16(15)14-17/h4-5,8-11,14,18H,2-3,6-7,12-13,20H2,1H3. The first kappa shape index (κ1) is 13.6. The van der Waals surface area contributed by atoms with Gasteiger partial charge in [-0.1, -0.05) is 68.7 Å². The van der Waals surface area contributed by atoms with Gasteiger partial charge in [0.05, 0.1) is 0 Å². The molecular weight excluding hydrogens is 242 g/mol. The van der Waals surface area contributed by atoms with E-state index in [9.17, 15) is 0 Å². The van der Waals surface area contributed by atoms with Crippen LogP contribution >= 0.6 is 0 Å². The summed E-state index contributed by atoms with van der Waals surface area (Å²) in [6.45, 7) is 2.22. The number of rotatable bonds is 3. The molecule has 0 aromatic heterocycles. The van der Waals surface area contributed by atoms with Gasteiger partial charge in [-0.05, 0) is 35.6 Å². The van der Waals surface area contributed by atoms with Crippen LogP contribution in [-0.4, -0.2) is 6.04 Å². The third kappa shape index (κ3) is 2.25. The van der Waals surface area contributed by atoms with E-state index in [-0.39, 0.29) is 11.5 Å². The Morgan fingerprint density at radius 3 is 2.40 bits per heavy atom. The molecule has 1 aliphatic carbocycles. The molecule has 0 heterocycles. The number of nitrogens with two attached hydrogens (primary N) is 1. The van der Waals surface area contributed by atoms with Crippen LogP contribution in [0.2, 0.25) is 0 Å². The maximum atomic E-state index is 6.56. The summed E-state index contributed by atoms with van der Waals surface area (Å²) in [5.41, 5.74) is 8.23. The van der Waals surface area contributed by atoms with E-state index in [0.29, 0.717) is 0 Å². The lowest BCUT2D eigenvalue weighted by Gasteiger charge is -2.42. The first-order valence-electron chi connectivity index (χ1n) is 8.01. The Morgan fingerprint density at radius 1 is 1.00 bits per heavy atom. The van der Waals surface area contributed by atoms with Crippen molar-refractivity contribution < 1.29 is 0 Å². The highest BCUT2D eigenvalue weighted by molar-refractivity contribution is 5.83. The number of fused-ring (bicyclic) bond motifs is 1. The highest BCUT2D eigenvalue weighted by Crippen LogP contribution is 2.43. The average molecular weight is 267 g/mol. The van der Waals surface area contributed by atoms with E-state index >= 15 is 0 Å². The number of hydrogen-bond donors (Lipinski definition) is 1. The third-order valence-corrected chi connectivity index (χ3v) is 5.22. The molecule has 0 radical (unpaired) electrons. The average Bonchev–Trinajstić information content (AvgIpc) is 2.54. The molecule has 106 valence electrons. The molecule has 1 saturated carbocycles. The van der Waals surface area contributed by atoms with Gasteiger partial charge in [-0.15, -0.1) is 0 Å². The summed E-state index contributed by atoms with van der Waals surface area (Å²) < 4.78 is 0. The van der Waals surface area contributed by atoms with E-state index < -0.39 is 0 Å². The Bertz CT molecular complexity index is 581. The minimum Gasteiger partial charge on any atom is -0.327 e. The van der Waals surface area contributed by atoms with Gasteiger partial charge in [-0.3, -0.25) is 0 Å². The van der Waals surface area contributed by atoms with Crippen LogP contribution in [0.15, 0.2) is 42.5 Å². The monoisotopic (exact) mass is 267 g/mol. The second-order valence-corrected chi connectivity index (χ2v) is 6.29. The van der Waals surface area contributed by atoms with E-state index in [2.05, 4.69) is 49.4 Å². The van der Waals surface area contributed by atoms with Gasteiger partial charge in [0.2, 0.25) is 0 Å². The summed E-state index contributed by atoms with van der Waals surface area (Å²) in [5.74, 6) is 0. The van der Waals surface area contributed by atoms with Crippen molar-refractivity contribution in [2.75, 3.05) is 0 Å². The van der Waals surface area contributed by atoms with Crippen LogP contribution in [0.3, 0.4) is 0 Å². The molecule has 0 aliphatic heterocycles. The second kappa shape index (κ2) is 5.57. The predicted octanol–water partition coefficient (Wildman–Crippen LogP) is 4.78. The zero-order valence-corrected chi connectivity index (χ0v) is 12.4. The Balaban J connectivity index is 2.08. The van der Waals surface area contributed by atoms with Crippen LogP contribution in [0.25, 0.3) is 10.8 Å². The van der Waals surface area contributed by atoms with Crippen molar-refractivity contribution in [1.82, 2.24) is 0 Å². The molecule has 3 rings (SSSR count). The zero-order valence-electron chi connectivity index (χ0n) is 12.4. The van der Waals surface area contributed by atoms with Crippen LogP contribution in [0.5, 0.6) is 0 Å². The molecule has 0 amide bonds. The molecule has 1 atom stereocenters. The molecule has 1 unspecified atom stereocenters. The fraction of sp³-hybridized carbons (Fsp3) is 0.474. The largest absolute Gasteiger partial charge is 0.327 e. The molecule has 1 aliphatic rings. The highest BCUT2D eigenvalue weighted by Gasteiger charge is 2.38. The van der Waals surface area contributed by atoms with Crippen molar-refractivity contribution in [3.8, 4) is 0 Å². The van der Waals surface area contributed by atoms with E-state index in [0.717, 1.165) is 6.42 Å². The molecule has 0 saturated heterocycles. The minimum absolute atomic E-state index is 0.205. The third-order valence-electron chi connectivity index (χ3n) is 5.22. The Labute approximate surface area is 122 Å². The lowest BCUT2D eigenvalue weighted by molar-refractivity contribution is 0.238. The van der Waals surface area contributed by atoms with Crippen LogP contribution in [-0.2, 0) is 5.41 Å². The van der Waals surface area contributed by atoms with E-state index in [1.54, 1.807) is 0 Å². The predicted molar refractivity (Wildman–Crippen MR) is 87.0 cm³/mol. The van der Waals surface area contributed by atoms with Crippen LogP contribution in [0.4, 0.5) is 0 Å². The maximum Gasteiger partial charge on any atom is 0.0134 e. The molecule has 20 heavy (non-hydrogen) atoms. The smallest absolute Gasteiger partial charge is 0.0134 e. The van der Waals surface area contributed by atoms with Crippen LogP contribution < -0.4 is 5.73 Å². The normalized spacial score (nSPS) is 19.9. The Kier molecular flexibility index (Phi) is 3.80. The Morgan fingerprint density at radius 2 is 1.70 bits per heavy atom. The fourth-order valence-electron chi connectivity index (χ4n) is 3.95. The van der Waals surface area contributed by atoms with Gasteiger partial charge in [-0.2, -0.15) is 0 Å². The van der Waals surface area contributed by atoms with Crippen molar-refractivity contribution in [3.63, 3.8) is 0 Å². The van der Waals surface area contributed by atoms with Gasteiger partial charge in [0, 0.05) is 11.5 Å². The van der Waals surface area contributed by atoms with Crippen molar-refractivity contribution in [1.29, 1.82) is 0 Å². The van der Waals surface area contributed by atoms with Crippen LogP contribution in [0.1, 0.15) is 51.0 Å². The number of benzene rings is 2. The highest BCUT2D eigenvalue weighted by atomic mass is 14.7. The summed E-state index contributed by atoms with van der Waals surface area (Å²) in [7, 11) is 0. The van der Waals surface area contributed by atoms with Crippen molar-refractivity contribution in [2.24, 2.45) is 5.73 Å². The summed E-state index contributed by atoms with van der Waals surface area (Å²) >= 11 is 0. The first-order chi connectivity index (χ1) is 9.76. The van der Waals surface area contributed by atoms with Crippen molar-refractivity contribution in [2.45, 2.75) is 56.9 Å². The molecule has 2 N–H and O–H groups in total. The topological polar surface area (TPSA) is 26.0 Å². The number of hydrogen-bond acceptors (Lipinski definition) is 1. The lowest BCUT2D eigenvalue weighted by Crippen LogP contribution is -2.46. The summed E-state index contributed by atoms with van der Waals surface area (Å²) in [6, 6.07) is 15.9. The maximum absolute atomic E-state index is 6.56. The molecular formula is C19H25N. The van der Waals surface area contributed by atoms with E-state index in [1.807, 2.05) is 0 Å². The van der Waals surface area contributed by atoms with Crippen molar-refractivity contribution >= 4 is 10.8 Å². The molecule has 1 heteroatoms. The molecule has 2 aromatic carbocycles. The first-order valence-corrected chi connectivity index (χ1v) is 8.01. The van der Waals surface area contributed by atoms with Gasteiger partial charge in [0.25, 0.3) is 0 Å². The van der Waals surface area contributed by atoms with Crippen LogP contribution in [0, 0.1) is 0 Å². The van der Waals surface area contributed by atoms with Gasteiger partial charge < -0.3 is 5.73 Å². The van der Waals surface area contributed by atoms with E-state index in [4.69, 9.17) is 5.73 Å². The van der Waals surface area contributed by atoms with E-state index in [1.165, 1.54) is 48.4 Å². The zero-order chi connectivity index (χ0) is 14.0. The quantitative estimate of drug-likeness (QED) is 0.851. The van der Waals surface area contributed by atoms with Gasteiger partial charge in [-0.25, -0.2) is 0 Å². The fourth-order valence-corrected chi connectivity index (χ4v) is 3.95. The Hall–Kier alpha value is -1.34. The summed E-state index contributed by atoms with van der Waals surface area (Å²) in [6.07, 6.45) is 7.57. The summed E-state index contributed by atoms with van der Waals surface area (Å²) in [4.78, 5) is 0.